The van der Waals surface area contributed by atoms with Crippen LogP contribution in [0.1, 0.15) is 47.0 Å². The van der Waals surface area contributed by atoms with E-state index in [4.69, 9.17) is 9.47 Å². The van der Waals surface area contributed by atoms with Gasteiger partial charge >= 0.3 is 5.97 Å². The molecule has 2 aromatic rings. The Morgan fingerprint density at radius 2 is 2.14 bits per heavy atom. The van der Waals surface area contributed by atoms with Crippen LogP contribution < -0.4 is 10.6 Å². The molecular formula is C24H26N6O6. The van der Waals surface area contributed by atoms with E-state index < -0.39 is 17.9 Å². The summed E-state index contributed by atoms with van der Waals surface area (Å²) in [5.41, 5.74) is 2.55. The van der Waals surface area contributed by atoms with Crippen LogP contribution in [0.4, 0.5) is 0 Å². The molecule has 1 fully saturated rings. The van der Waals surface area contributed by atoms with Crippen LogP contribution in [0.15, 0.2) is 35.6 Å². The highest BCUT2D eigenvalue weighted by molar-refractivity contribution is 6.11. The maximum Gasteiger partial charge on any atom is 0.328 e. The molecular weight excluding hydrogens is 468 g/mol. The molecule has 4 heterocycles. The summed E-state index contributed by atoms with van der Waals surface area (Å²) in [5.74, 6) is -0.609. The van der Waals surface area contributed by atoms with Gasteiger partial charge in [-0.1, -0.05) is 6.92 Å². The smallest absolute Gasteiger partial charge is 0.328 e. The van der Waals surface area contributed by atoms with Gasteiger partial charge in [0.25, 0.3) is 17.7 Å². The van der Waals surface area contributed by atoms with E-state index in [-0.39, 0.29) is 42.1 Å². The number of nitrogens with one attached hydrogen (secondary N) is 3. The highest BCUT2D eigenvalue weighted by Crippen LogP contribution is 2.30. The molecule has 0 aromatic carbocycles. The standard InChI is InChI=1S/C24H26N6O6/c1-12-6-17-15(29-18(31)10-36-17)7-13(12)8-26-22(32)21-20-19(27-11-28-21)14(9-25-20)23(33)30-5-3-4-16(30)24(34)35-2/h7,9,11-12,16,25H,3-6,8,10H2,1-2H3,(H,26,32)(H,29,31)/t12?,16-/m0/s1. The van der Waals surface area contributed by atoms with Crippen LogP contribution in [0.3, 0.4) is 0 Å². The molecule has 0 saturated carbocycles. The first-order valence-corrected chi connectivity index (χ1v) is 11.7. The van der Waals surface area contributed by atoms with E-state index in [1.807, 2.05) is 13.0 Å². The molecule has 12 heteroatoms. The topological polar surface area (TPSA) is 156 Å². The molecule has 1 aliphatic carbocycles. The average Bonchev–Trinajstić information content (AvgIpc) is 3.54. The normalized spacial score (nSPS) is 21.4. The second-order valence-electron chi connectivity index (χ2n) is 9.01. The van der Waals surface area contributed by atoms with Gasteiger partial charge in [0.15, 0.2) is 12.3 Å². The predicted molar refractivity (Wildman–Crippen MR) is 125 cm³/mol. The Balaban J connectivity index is 1.34. The Labute approximate surface area is 206 Å². The monoisotopic (exact) mass is 494 g/mol. The number of fused-ring (bicyclic) bond motifs is 1. The van der Waals surface area contributed by atoms with Crippen molar-refractivity contribution < 1.29 is 28.7 Å². The van der Waals surface area contributed by atoms with Crippen molar-refractivity contribution in [2.45, 2.75) is 32.2 Å². The van der Waals surface area contributed by atoms with Gasteiger partial charge in [-0.15, -0.1) is 0 Å². The molecule has 3 N–H and O–H groups in total. The van der Waals surface area contributed by atoms with Gasteiger partial charge in [0.05, 0.1) is 23.9 Å². The minimum Gasteiger partial charge on any atom is -0.486 e. The Hall–Kier alpha value is -4.22. The lowest BCUT2D eigenvalue weighted by molar-refractivity contribution is -0.145. The van der Waals surface area contributed by atoms with E-state index >= 15 is 0 Å². The largest absolute Gasteiger partial charge is 0.486 e. The van der Waals surface area contributed by atoms with E-state index in [1.165, 1.54) is 24.5 Å². The Morgan fingerprint density at radius 3 is 2.94 bits per heavy atom. The number of rotatable bonds is 5. The van der Waals surface area contributed by atoms with E-state index in [9.17, 15) is 19.2 Å². The summed E-state index contributed by atoms with van der Waals surface area (Å²) >= 11 is 0. The van der Waals surface area contributed by atoms with Crippen molar-refractivity contribution in [2.75, 3.05) is 26.8 Å². The summed E-state index contributed by atoms with van der Waals surface area (Å²) in [5, 5.41) is 5.67. The highest BCUT2D eigenvalue weighted by atomic mass is 16.5. The number of nitrogens with zero attached hydrogens (tertiary/aromatic N) is 3. The Morgan fingerprint density at radius 1 is 1.31 bits per heavy atom. The molecule has 2 aromatic heterocycles. The highest BCUT2D eigenvalue weighted by Gasteiger charge is 2.36. The molecule has 1 unspecified atom stereocenters. The SMILES string of the molecule is COC(=O)[C@@H]1CCCN1C(=O)c1c[nH]c2c(C(=O)NCC3=CC4=C(CC3C)OCC(=O)N4)ncnc12. The average molecular weight is 495 g/mol. The van der Waals surface area contributed by atoms with Crippen LogP contribution in [-0.4, -0.2) is 76.4 Å². The van der Waals surface area contributed by atoms with Crippen molar-refractivity contribution in [3.05, 3.63) is 46.9 Å². The molecule has 1 saturated heterocycles. The maximum absolute atomic E-state index is 13.2. The van der Waals surface area contributed by atoms with Gasteiger partial charge in [0.2, 0.25) is 0 Å². The van der Waals surface area contributed by atoms with Crippen LogP contribution >= 0.6 is 0 Å². The fraction of sp³-hybridized carbons (Fsp3) is 0.417. The van der Waals surface area contributed by atoms with Crippen molar-refractivity contribution in [1.29, 1.82) is 0 Å². The summed E-state index contributed by atoms with van der Waals surface area (Å²) in [6.45, 7) is 2.71. The lowest BCUT2D eigenvalue weighted by atomic mass is 9.90. The number of hydrogen-bond donors (Lipinski definition) is 3. The first kappa shape index (κ1) is 23.5. The molecule has 3 amide bonds. The number of methoxy groups -OCH3 is 1. The molecule has 36 heavy (non-hydrogen) atoms. The van der Waals surface area contributed by atoms with Crippen LogP contribution in [0.25, 0.3) is 11.0 Å². The first-order valence-electron chi connectivity index (χ1n) is 11.7. The summed E-state index contributed by atoms with van der Waals surface area (Å²) in [6, 6.07) is -0.641. The van der Waals surface area contributed by atoms with Gasteiger partial charge in [-0.25, -0.2) is 14.8 Å². The third-order valence-corrected chi connectivity index (χ3v) is 6.75. The van der Waals surface area contributed by atoms with E-state index in [2.05, 4.69) is 25.6 Å². The maximum atomic E-state index is 13.2. The number of aromatic nitrogens is 3. The zero-order valence-electron chi connectivity index (χ0n) is 19.9. The molecule has 0 spiro atoms. The van der Waals surface area contributed by atoms with E-state index in [0.717, 1.165) is 11.3 Å². The number of likely N-dealkylation sites (tertiary alicyclic amines) is 1. The second kappa shape index (κ2) is 9.44. The van der Waals surface area contributed by atoms with Gasteiger partial charge in [-0.05, 0) is 30.4 Å². The molecule has 0 radical (unpaired) electrons. The van der Waals surface area contributed by atoms with E-state index in [0.29, 0.717) is 42.5 Å². The number of H-pyrrole nitrogens is 1. The van der Waals surface area contributed by atoms with E-state index in [1.54, 1.807) is 0 Å². The molecule has 2 atom stereocenters. The van der Waals surface area contributed by atoms with Crippen molar-refractivity contribution in [1.82, 2.24) is 30.5 Å². The molecule has 5 rings (SSSR count). The third-order valence-electron chi connectivity index (χ3n) is 6.75. The number of carbonyl (C=O) groups excluding carboxylic acids is 4. The summed E-state index contributed by atoms with van der Waals surface area (Å²) < 4.78 is 10.3. The number of ether oxygens (including phenoxy) is 2. The van der Waals surface area contributed by atoms with Crippen molar-refractivity contribution >= 4 is 34.7 Å². The summed E-state index contributed by atoms with van der Waals surface area (Å²) in [4.78, 5) is 62.8. The Kier molecular flexibility index (Phi) is 6.17. The molecule has 3 aliphatic rings. The van der Waals surface area contributed by atoms with Crippen LogP contribution in [-0.2, 0) is 19.1 Å². The van der Waals surface area contributed by atoms with Gasteiger partial charge in [0.1, 0.15) is 23.6 Å². The van der Waals surface area contributed by atoms with Crippen LogP contribution in [0.5, 0.6) is 0 Å². The molecule has 188 valence electrons. The zero-order valence-corrected chi connectivity index (χ0v) is 19.9. The molecule has 0 bridgehead atoms. The number of carbonyl (C=O) groups is 4. The number of allylic oxidation sites excluding steroid dienone is 2. The van der Waals surface area contributed by atoms with Crippen molar-refractivity contribution in [3.63, 3.8) is 0 Å². The quantitative estimate of drug-likeness (QED) is 0.515. The first-order chi connectivity index (χ1) is 17.4. The predicted octanol–water partition coefficient (Wildman–Crippen LogP) is 0.789. The number of esters is 1. The van der Waals surface area contributed by atoms with Gasteiger partial charge in [-0.2, -0.15) is 0 Å². The van der Waals surface area contributed by atoms with Crippen LogP contribution in [0.2, 0.25) is 0 Å². The Bertz CT molecular complexity index is 1330. The summed E-state index contributed by atoms with van der Waals surface area (Å²) in [6.07, 6.45) is 6.40. The lowest BCUT2D eigenvalue weighted by Gasteiger charge is -2.28. The zero-order chi connectivity index (χ0) is 25.4. The number of hydrogen-bond acceptors (Lipinski definition) is 8. The fourth-order valence-electron chi connectivity index (χ4n) is 4.82. The minimum atomic E-state index is -0.641. The lowest BCUT2D eigenvalue weighted by Crippen LogP contribution is -2.41. The van der Waals surface area contributed by atoms with Gasteiger partial charge in [-0.3, -0.25) is 14.4 Å². The van der Waals surface area contributed by atoms with Crippen molar-refractivity contribution in [3.8, 4) is 0 Å². The van der Waals surface area contributed by atoms with Gasteiger partial charge in [0, 0.05) is 25.7 Å². The number of amides is 3. The minimum absolute atomic E-state index is 0.0108. The molecule has 12 nitrogen and oxygen atoms in total. The second-order valence-corrected chi connectivity index (χ2v) is 9.01. The van der Waals surface area contributed by atoms with Crippen LogP contribution in [0, 0.1) is 5.92 Å². The van der Waals surface area contributed by atoms with Crippen molar-refractivity contribution in [2.24, 2.45) is 5.92 Å². The summed E-state index contributed by atoms with van der Waals surface area (Å²) in [7, 11) is 1.30. The van der Waals surface area contributed by atoms with Gasteiger partial charge < -0.3 is 30.0 Å². The third kappa shape index (κ3) is 4.18. The number of aromatic amines is 1. The fourth-order valence-corrected chi connectivity index (χ4v) is 4.82. The molecule has 2 aliphatic heterocycles.